The number of hydrogen-bond acceptors (Lipinski definition) is 2. The molecule has 4 atom stereocenters. The fourth-order valence-corrected chi connectivity index (χ4v) is 4.17. The van der Waals surface area contributed by atoms with E-state index in [0.29, 0.717) is 24.0 Å². The average molecular weight is 304 g/mol. The molecule has 0 fully saturated rings. The van der Waals surface area contributed by atoms with Crippen molar-refractivity contribution in [1.82, 2.24) is 0 Å². The number of carbonyl (C=O) groups excluding carboxylic acids is 1. The van der Waals surface area contributed by atoms with E-state index < -0.39 is 0 Å². The zero-order chi connectivity index (χ0) is 16.4. The molecule has 0 aromatic rings. The van der Waals surface area contributed by atoms with E-state index in [9.17, 15) is 9.90 Å². The van der Waals surface area contributed by atoms with Gasteiger partial charge in [0, 0.05) is 18.3 Å². The maximum Gasteiger partial charge on any atom is 0.135 e. The minimum absolute atomic E-state index is 0.127. The molecule has 0 aromatic heterocycles. The van der Waals surface area contributed by atoms with Crippen LogP contribution in [-0.2, 0) is 4.79 Å². The average Bonchev–Trinajstić information content (AvgIpc) is 2.80. The first-order valence-electron chi connectivity index (χ1n) is 8.88. The summed E-state index contributed by atoms with van der Waals surface area (Å²) in [6.45, 7) is 10.6. The second kappa shape index (κ2) is 7.12. The number of hydrogen-bond donors (Lipinski definition) is 1. The molecule has 0 spiro atoms. The summed E-state index contributed by atoms with van der Waals surface area (Å²) in [7, 11) is 0. The number of carbonyl (C=O) groups is 1. The summed E-state index contributed by atoms with van der Waals surface area (Å²) in [5.41, 5.74) is 4.27. The first-order valence-corrected chi connectivity index (χ1v) is 8.88. The Morgan fingerprint density at radius 2 is 2.00 bits per heavy atom. The van der Waals surface area contributed by atoms with E-state index in [-0.39, 0.29) is 17.9 Å². The molecule has 0 saturated heterocycles. The van der Waals surface area contributed by atoms with Gasteiger partial charge in [-0.05, 0) is 51.4 Å². The highest BCUT2D eigenvalue weighted by molar-refractivity contribution is 5.80. The van der Waals surface area contributed by atoms with Gasteiger partial charge in [-0.3, -0.25) is 4.79 Å². The fourth-order valence-electron chi connectivity index (χ4n) is 4.17. The maximum absolute atomic E-state index is 11.9. The Balaban J connectivity index is 2.06. The Morgan fingerprint density at radius 3 is 2.64 bits per heavy atom. The second-order valence-electron chi connectivity index (χ2n) is 7.77. The van der Waals surface area contributed by atoms with Crippen LogP contribution in [0.25, 0.3) is 0 Å². The summed E-state index contributed by atoms with van der Waals surface area (Å²) in [5.74, 6) is 1.41. The standard InChI is InChI=1S/C20H32O2/c1-12(2)18(21)11-8-14(4)17-10-6-13(3)16-9-7-15(5)19(16)20(17)22/h7,12,14,17,19-20,22H,6,8-11H2,1-5H3/t14-,17+,19+,20+/m0/s1. The van der Waals surface area contributed by atoms with Gasteiger partial charge in [-0.25, -0.2) is 0 Å². The molecule has 0 amide bonds. The quantitative estimate of drug-likeness (QED) is 0.749. The van der Waals surface area contributed by atoms with Crippen molar-refractivity contribution in [3.8, 4) is 0 Å². The number of aliphatic hydroxyl groups excluding tert-OH is 1. The minimum atomic E-state index is -0.282. The summed E-state index contributed by atoms with van der Waals surface area (Å²) >= 11 is 0. The van der Waals surface area contributed by atoms with Gasteiger partial charge in [0.15, 0.2) is 0 Å². The van der Waals surface area contributed by atoms with E-state index in [1.165, 1.54) is 16.7 Å². The van der Waals surface area contributed by atoms with Gasteiger partial charge < -0.3 is 5.11 Å². The lowest BCUT2D eigenvalue weighted by atomic mass is 9.77. The Morgan fingerprint density at radius 1 is 1.32 bits per heavy atom. The lowest BCUT2D eigenvalue weighted by Crippen LogP contribution is -2.33. The molecule has 0 aliphatic heterocycles. The second-order valence-corrected chi connectivity index (χ2v) is 7.77. The molecule has 124 valence electrons. The van der Waals surface area contributed by atoms with Crippen molar-refractivity contribution in [2.75, 3.05) is 0 Å². The fraction of sp³-hybridized carbons (Fsp3) is 0.750. The van der Waals surface area contributed by atoms with E-state index in [1.807, 2.05) is 13.8 Å². The zero-order valence-electron chi connectivity index (χ0n) is 14.9. The van der Waals surface area contributed by atoms with Crippen molar-refractivity contribution in [2.45, 2.75) is 72.8 Å². The summed E-state index contributed by atoms with van der Waals surface area (Å²) < 4.78 is 0. The summed E-state index contributed by atoms with van der Waals surface area (Å²) in [4.78, 5) is 11.9. The third-order valence-electron chi connectivity index (χ3n) is 5.91. The first kappa shape index (κ1) is 17.5. The molecule has 0 bridgehead atoms. The number of ketones is 1. The molecule has 22 heavy (non-hydrogen) atoms. The highest BCUT2D eigenvalue weighted by Crippen LogP contribution is 2.44. The monoisotopic (exact) mass is 304 g/mol. The first-order chi connectivity index (χ1) is 10.3. The lowest BCUT2D eigenvalue weighted by molar-refractivity contribution is -0.122. The van der Waals surface area contributed by atoms with E-state index in [4.69, 9.17) is 0 Å². The van der Waals surface area contributed by atoms with E-state index in [0.717, 1.165) is 25.7 Å². The van der Waals surface area contributed by atoms with Gasteiger partial charge in [-0.1, -0.05) is 43.6 Å². The van der Waals surface area contributed by atoms with Crippen LogP contribution in [0.1, 0.15) is 66.7 Å². The topological polar surface area (TPSA) is 37.3 Å². The van der Waals surface area contributed by atoms with Crippen LogP contribution in [0, 0.1) is 23.7 Å². The molecular weight excluding hydrogens is 272 g/mol. The Kier molecular flexibility index (Phi) is 5.65. The Bertz CT molecular complexity index is 484. The lowest BCUT2D eigenvalue weighted by Gasteiger charge is -2.32. The Hall–Kier alpha value is -0.890. The van der Waals surface area contributed by atoms with Crippen LogP contribution in [0.3, 0.4) is 0 Å². The van der Waals surface area contributed by atoms with Gasteiger partial charge in [0.2, 0.25) is 0 Å². The van der Waals surface area contributed by atoms with Crippen molar-refractivity contribution < 1.29 is 9.90 Å². The third kappa shape index (κ3) is 3.53. The van der Waals surface area contributed by atoms with Crippen LogP contribution in [0.15, 0.2) is 22.8 Å². The number of fused-ring (bicyclic) bond motifs is 1. The van der Waals surface area contributed by atoms with Crippen molar-refractivity contribution in [1.29, 1.82) is 0 Å². The van der Waals surface area contributed by atoms with Crippen LogP contribution in [0.2, 0.25) is 0 Å². The molecule has 2 heteroatoms. The van der Waals surface area contributed by atoms with E-state index >= 15 is 0 Å². The van der Waals surface area contributed by atoms with E-state index in [1.54, 1.807) is 0 Å². The van der Waals surface area contributed by atoms with Gasteiger partial charge in [-0.15, -0.1) is 0 Å². The number of rotatable bonds is 5. The zero-order valence-corrected chi connectivity index (χ0v) is 14.9. The van der Waals surface area contributed by atoms with Crippen molar-refractivity contribution in [2.24, 2.45) is 23.7 Å². The molecule has 2 rings (SSSR count). The molecule has 1 N–H and O–H groups in total. The van der Waals surface area contributed by atoms with Crippen molar-refractivity contribution in [3.05, 3.63) is 22.8 Å². The molecule has 2 nitrogen and oxygen atoms in total. The highest BCUT2D eigenvalue weighted by atomic mass is 16.3. The summed E-state index contributed by atoms with van der Waals surface area (Å²) in [6, 6.07) is 0. The van der Waals surface area contributed by atoms with Gasteiger partial charge in [0.1, 0.15) is 5.78 Å². The van der Waals surface area contributed by atoms with Crippen molar-refractivity contribution in [3.63, 3.8) is 0 Å². The highest BCUT2D eigenvalue weighted by Gasteiger charge is 2.38. The van der Waals surface area contributed by atoms with Crippen LogP contribution in [-0.4, -0.2) is 17.0 Å². The maximum atomic E-state index is 11.9. The SMILES string of the molecule is CC1=CCC2=C(C)CC[C@H]([C@@H](C)CCC(=O)C(C)C)[C@@H](O)[C@H]12. The summed E-state index contributed by atoms with van der Waals surface area (Å²) in [6.07, 6.45) is 6.72. The van der Waals surface area contributed by atoms with Crippen LogP contribution >= 0.6 is 0 Å². The molecule has 0 unspecified atom stereocenters. The van der Waals surface area contributed by atoms with Crippen LogP contribution < -0.4 is 0 Å². The largest absolute Gasteiger partial charge is 0.392 e. The molecule has 2 aliphatic rings. The Labute approximate surface area is 135 Å². The molecule has 0 heterocycles. The number of Topliss-reactive ketones (excluding diaryl/α,β-unsaturated/α-hetero) is 1. The predicted octanol–water partition coefficient (Wildman–Crippen LogP) is 4.68. The van der Waals surface area contributed by atoms with Gasteiger partial charge in [0.25, 0.3) is 0 Å². The van der Waals surface area contributed by atoms with Gasteiger partial charge >= 0.3 is 0 Å². The molecule has 2 aliphatic carbocycles. The molecular formula is C20H32O2. The number of allylic oxidation sites excluding steroid dienone is 2. The molecule has 0 saturated carbocycles. The number of aliphatic hydroxyl groups is 1. The van der Waals surface area contributed by atoms with E-state index in [2.05, 4.69) is 26.8 Å². The third-order valence-corrected chi connectivity index (χ3v) is 5.91. The van der Waals surface area contributed by atoms with Gasteiger partial charge in [0.05, 0.1) is 6.10 Å². The minimum Gasteiger partial charge on any atom is -0.392 e. The molecule has 0 radical (unpaired) electrons. The smallest absolute Gasteiger partial charge is 0.135 e. The summed E-state index contributed by atoms with van der Waals surface area (Å²) in [5, 5.41) is 11.0. The normalized spacial score (nSPS) is 30.1. The van der Waals surface area contributed by atoms with Crippen molar-refractivity contribution >= 4 is 5.78 Å². The van der Waals surface area contributed by atoms with Crippen LogP contribution in [0.4, 0.5) is 0 Å². The molecule has 0 aromatic carbocycles. The van der Waals surface area contributed by atoms with Crippen LogP contribution in [0.5, 0.6) is 0 Å². The predicted molar refractivity (Wildman–Crippen MR) is 91.5 cm³/mol. The van der Waals surface area contributed by atoms with Gasteiger partial charge in [-0.2, -0.15) is 0 Å².